The quantitative estimate of drug-likeness (QED) is 0.580. The summed E-state index contributed by atoms with van der Waals surface area (Å²) in [7, 11) is -3.50. The fourth-order valence-electron chi connectivity index (χ4n) is 4.01. The van der Waals surface area contributed by atoms with Gasteiger partial charge in [-0.3, -0.25) is 0 Å². The van der Waals surface area contributed by atoms with Crippen molar-refractivity contribution in [2.75, 3.05) is 26.2 Å². The SMILES string of the molecule is O=S(=O)(c1ccc(Cl)cc1)N1CC[NH+](C(c2ccccc2)c2ccccc2)CC1.[Cl-]. The predicted octanol–water partition coefficient (Wildman–Crippen LogP) is 0.0228. The van der Waals surface area contributed by atoms with Crippen LogP contribution in [-0.2, 0) is 10.0 Å². The van der Waals surface area contributed by atoms with Gasteiger partial charge in [-0.1, -0.05) is 72.3 Å². The van der Waals surface area contributed by atoms with E-state index < -0.39 is 10.0 Å². The van der Waals surface area contributed by atoms with Gasteiger partial charge >= 0.3 is 0 Å². The number of benzene rings is 3. The predicted molar refractivity (Wildman–Crippen MR) is 116 cm³/mol. The molecule has 1 fully saturated rings. The van der Waals surface area contributed by atoms with Crippen LogP contribution >= 0.6 is 11.6 Å². The first kappa shape index (κ1) is 22.8. The lowest BCUT2D eigenvalue weighted by molar-refractivity contribution is -0.929. The zero-order valence-corrected chi connectivity index (χ0v) is 18.7. The summed E-state index contributed by atoms with van der Waals surface area (Å²) in [6, 6.07) is 27.5. The Labute approximate surface area is 189 Å². The molecular formula is C23H24Cl2N2O2S. The maximum atomic E-state index is 13.0. The minimum absolute atomic E-state index is 0. The van der Waals surface area contributed by atoms with E-state index in [1.54, 1.807) is 28.6 Å². The highest BCUT2D eigenvalue weighted by Gasteiger charge is 2.34. The van der Waals surface area contributed by atoms with E-state index in [9.17, 15) is 8.42 Å². The fraction of sp³-hybridized carbons (Fsp3) is 0.217. The fourth-order valence-corrected chi connectivity index (χ4v) is 5.58. The van der Waals surface area contributed by atoms with Crippen molar-refractivity contribution in [3.63, 3.8) is 0 Å². The van der Waals surface area contributed by atoms with Gasteiger partial charge in [0.25, 0.3) is 0 Å². The van der Waals surface area contributed by atoms with Crippen molar-refractivity contribution in [1.29, 1.82) is 0 Å². The molecule has 0 aliphatic carbocycles. The molecule has 1 heterocycles. The summed E-state index contributed by atoms with van der Waals surface area (Å²) >= 11 is 5.91. The highest BCUT2D eigenvalue weighted by molar-refractivity contribution is 7.89. The Morgan fingerprint density at radius 2 is 1.23 bits per heavy atom. The molecule has 4 rings (SSSR count). The van der Waals surface area contributed by atoms with E-state index in [1.165, 1.54) is 16.0 Å². The number of nitrogens with one attached hydrogen (secondary N) is 1. The average Bonchev–Trinajstić information content (AvgIpc) is 2.76. The second-order valence-electron chi connectivity index (χ2n) is 7.27. The van der Waals surface area contributed by atoms with Crippen molar-refractivity contribution in [3.05, 3.63) is 101 Å². The first-order chi connectivity index (χ1) is 14.1. The van der Waals surface area contributed by atoms with Crippen molar-refractivity contribution in [2.45, 2.75) is 10.9 Å². The van der Waals surface area contributed by atoms with Crippen LogP contribution in [0.25, 0.3) is 0 Å². The van der Waals surface area contributed by atoms with Gasteiger partial charge in [-0.25, -0.2) is 8.42 Å². The summed E-state index contributed by atoms with van der Waals surface area (Å²) in [5, 5.41) is 0.534. The van der Waals surface area contributed by atoms with Crippen molar-refractivity contribution in [2.24, 2.45) is 0 Å². The number of halogens is 2. The average molecular weight is 463 g/mol. The first-order valence-corrected chi connectivity index (χ1v) is 11.6. The number of nitrogens with zero attached hydrogens (tertiary/aromatic N) is 1. The third-order valence-corrected chi connectivity index (χ3v) is 7.65. The molecule has 0 atom stereocenters. The van der Waals surface area contributed by atoms with Gasteiger partial charge in [0.15, 0.2) is 0 Å². The Morgan fingerprint density at radius 3 is 1.70 bits per heavy atom. The molecule has 0 amide bonds. The smallest absolute Gasteiger partial charge is 0.243 e. The Morgan fingerprint density at radius 1 is 0.767 bits per heavy atom. The minimum Gasteiger partial charge on any atom is -1.00 e. The van der Waals surface area contributed by atoms with Crippen LogP contribution in [0.4, 0.5) is 0 Å². The van der Waals surface area contributed by atoms with Gasteiger partial charge in [-0.15, -0.1) is 0 Å². The molecule has 0 aromatic heterocycles. The maximum absolute atomic E-state index is 13.0. The lowest BCUT2D eigenvalue weighted by Crippen LogP contribution is -3.15. The minimum atomic E-state index is -3.50. The topological polar surface area (TPSA) is 41.8 Å². The van der Waals surface area contributed by atoms with Crippen LogP contribution in [0.2, 0.25) is 5.02 Å². The van der Waals surface area contributed by atoms with Crippen LogP contribution in [0.15, 0.2) is 89.8 Å². The summed E-state index contributed by atoms with van der Waals surface area (Å²) in [4.78, 5) is 1.68. The molecule has 1 N–H and O–H groups in total. The molecule has 30 heavy (non-hydrogen) atoms. The van der Waals surface area contributed by atoms with Crippen molar-refractivity contribution in [1.82, 2.24) is 4.31 Å². The third-order valence-electron chi connectivity index (χ3n) is 5.49. The number of hydrogen-bond donors (Lipinski definition) is 1. The molecule has 7 heteroatoms. The molecule has 158 valence electrons. The Hall–Kier alpha value is -1.89. The summed E-state index contributed by atoms with van der Waals surface area (Å²) in [6.07, 6.45) is 0. The molecule has 1 saturated heterocycles. The van der Waals surface area contributed by atoms with Crippen LogP contribution in [0.5, 0.6) is 0 Å². The van der Waals surface area contributed by atoms with Crippen LogP contribution in [-0.4, -0.2) is 38.9 Å². The molecule has 0 unspecified atom stereocenters. The van der Waals surface area contributed by atoms with Crippen molar-refractivity contribution < 1.29 is 25.7 Å². The lowest BCUT2D eigenvalue weighted by Gasteiger charge is -2.36. The molecule has 1 aliphatic heterocycles. The number of quaternary nitrogens is 1. The van der Waals surface area contributed by atoms with Crippen molar-refractivity contribution >= 4 is 21.6 Å². The molecule has 1 aliphatic rings. The molecule has 0 bridgehead atoms. The highest BCUT2D eigenvalue weighted by atomic mass is 35.5. The standard InChI is InChI=1S/C23H23ClN2O2S.ClH/c24-21-11-13-22(14-12-21)29(27,28)26-17-15-25(16-18-26)23(19-7-3-1-4-8-19)20-9-5-2-6-10-20;/h1-14,23H,15-18H2;1H. The van der Waals surface area contributed by atoms with Gasteiger partial charge in [0.05, 0.1) is 31.1 Å². The molecular weight excluding hydrogens is 439 g/mol. The number of sulfonamides is 1. The van der Waals surface area contributed by atoms with Gasteiger partial charge in [0.2, 0.25) is 10.0 Å². The number of rotatable bonds is 5. The van der Waals surface area contributed by atoms with Crippen LogP contribution in [0, 0.1) is 0 Å². The van der Waals surface area contributed by atoms with E-state index >= 15 is 0 Å². The number of piperazine rings is 1. The van der Waals surface area contributed by atoms with Crippen LogP contribution < -0.4 is 17.3 Å². The van der Waals surface area contributed by atoms with E-state index in [1.807, 2.05) is 12.1 Å². The van der Waals surface area contributed by atoms with Crippen molar-refractivity contribution in [3.8, 4) is 0 Å². The van der Waals surface area contributed by atoms with E-state index in [2.05, 4.69) is 48.5 Å². The van der Waals surface area contributed by atoms with Gasteiger partial charge in [-0.05, 0) is 24.3 Å². The van der Waals surface area contributed by atoms with E-state index in [0.717, 1.165) is 13.1 Å². The molecule has 3 aromatic rings. The normalized spacial score (nSPS) is 15.7. The first-order valence-electron chi connectivity index (χ1n) is 9.76. The summed E-state index contributed by atoms with van der Waals surface area (Å²) in [5.74, 6) is 0. The molecule has 0 spiro atoms. The Balaban J connectivity index is 0.00000256. The highest BCUT2D eigenvalue weighted by Crippen LogP contribution is 2.21. The zero-order chi connectivity index (χ0) is 20.3. The summed E-state index contributed by atoms with van der Waals surface area (Å²) in [5.41, 5.74) is 2.51. The second-order valence-corrected chi connectivity index (χ2v) is 9.65. The van der Waals surface area contributed by atoms with Gasteiger partial charge in [0, 0.05) is 16.1 Å². The van der Waals surface area contributed by atoms with Gasteiger partial charge < -0.3 is 17.3 Å². The zero-order valence-electron chi connectivity index (χ0n) is 16.4. The summed E-state index contributed by atoms with van der Waals surface area (Å²) < 4.78 is 27.6. The largest absolute Gasteiger partial charge is 1.00 e. The summed E-state index contributed by atoms with van der Waals surface area (Å²) in [6.45, 7) is 2.50. The Bertz CT molecular complexity index is 998. The third kappa shape index (κ3) is 4.88. The van der Waals surface area contributed by atoms with Crippen LogP contribution in [0.1, 0.15) is 17.2 Å². The maximum Gasteiger partial charge on any atom is 0.243 e. The molecule has 0 saturated carbocycles. The Kier molecular flexibility index (Phi) is 7.55. The molecule has 0 radical (unpaired) electrons. The molecule has 3 aromatic carbocycles. The second kappa shape index (κ2) is 9.94. The number of hydrogen-bond acceptors (Lipinski definition) is 2. The van der Waals surface area contributed by atoms with E-state index in [-0.39, 0.29) is 18.4 Å². The van der Waals surface area contributed by atoms with E-state index in [4.69, 9.17) is 11.6 Å². The molecule has 4 nitrogen and oxygen atoms in total. The van der Waals surface area contributed by atoms with Gasteiger partial charge in [0.1, 0.15) is 6.04 Å². The van der Waals surface area contributed by atoms with Crippen LogP contribution in [0.3, 0.4) is 0 Å². The van der Waals surface area contributed by atoms with Gasteiger partial charge in [-0.2, -0.15) is 4.31 Å². The lowest BCUT2D eigenvalue weighted by atomic mass is 9.96. The monoisotopic (exact) mass is 462 g/mol. The van der Waals surface area contributed by atoms with E-state index in [0.29, 0.717) is 23.0 Å².